The summed E-state index contributed by atoms with van der Waals surface area (Å²) < 4.78 is 45.6. The van der Waals surface area contributed by atoms with E-state index in [1.807, 2.05) is 13.0 Å². The van der Waals surface area contributed by atoms with Gasteiger partial charge in [0.2, 0.25) is 11.6 Å². The first-order chi connectivity index (χ1) is 16.2. The molecular weight excluding hydrogens is 449 g/mol. The fourth-order valence-corrected chi connectivity index (χ4v) is 3.95. The van der Waals surface area contributed by atoms with Crippen LogP contribution in [0.1, 0.15) is 60.7 Å². The molecule has 1 saturated carbocycles. The number of fused-ring (bicyclic) bond motifs is 1. The highest BCUT2D eigenvalue weighted by Gasteiger charge is 2.31. The number of hydrogen-bond donors (Lipinski definition) is 1. The number of aromatic nitrogens is 4. The van der Waals surface area contributed by atoms with Crippen LogP contribution < -0.4 is 5.32 Å². The molecule has 0 aliphatic heterocycles. The predicted octanol–water partition coefficient (Wildman–Crippen LogP) is 4.54. The van der Waals surface area contributed by atoms with Crippen LogP contribution in [0.4, 0.5) is 19.0 Å². The van der Waals surface area contributed by atoms with Gasteiger partial charge in [-0.1, -0.05) is 18.6 Å². The zero-order valence-electron chi connectivity index (χ0n) is 18.7. The topological polar surface area (TPSA) is 106 Å². The van der Waals surface area contributed by atoms with Gasteiger partial charge < -0.3 is 14.6 Å². The molecule has 0 amide bonds. The lowest BCUT2D eigenvalue weighted by atomic mass is 9.80. The number of rotatable bonds is 7. The van der Waals surface area contributed by atoms with E-state index >= 15 is 0 Å². The van der Waals surface area contributed by atoms with E-state index in [0.717, 1.165) is 31.4 Å². The summed E-state index contributed by atoms with van der Waals surface area (Å²) in [4.78, 5) is 25.5. The van der Waals surface area contributed by atoms with Gasteiger partial charge in [-0.25, -0.2) is 9.78 Å². The van der Waals surface area contributed by atoms with E-state index in [1.165, 1.54) is 16.7 Å². The number of hydrogen-bond acceptors (Lipinski definition) is 7. The Morgan fingerprint density at radius 3 is 2.53 bits per heavy atom. The van der Waals surface area contributed by atoms with Gasteiger partial charge in [0.25, 0.3) is 0 Å². The molecule has 0 radical (unpaired) electrons. The van der Waals surface area contributed by atoms with Crippen molar-refractivity contribution in [1.82, 2.24) is 19.5 Å². The molecule has 1 aliphatic rings. The Labute approximate surface area is 193 Å². The number of nitrogens with one attached hydrogen (secondary N) is 1. The molecule has 11 heteroatoms. The molecule has 34 heavy (non-hydrogen) atoms. The Balaban J connectivity index is 1.82. The Morgan fingerprint density at radius 2 is 1.97 bits per heavy atom. The minimum absolute atomic E-state index is 0.0323. The molecule has 1 atom stereocenters. The molecule has 178 valence electrons. The summed E-state index contributed by atoms with van der Waals surface area (Å²) in [6, 6.07) is 6.63. The maximum Gasteiger partial charge on any atom is 0.416 e. The van der Waals surface area contributed by atoms with Crippen LogP contribution in [-0.2, 0) is 17.5 Å². The first-order valence-corrected chi connectivity index (χ1v) is 11.0. The maximum atomic E-state index is 13.0. The van der Waals surface area contributed by atoms with Gasteiger partial charge in [-0.05, 0) is 50.3 Å². The third-order valence-electron chi connectivity index (χ3n) is 6.00. The lowest BCUT2D eigenvalue weighted by molar-refractivity contribution is -0.137. The molecule has 3 aromatic rings. The highest BCUT2D eigenvalue weighted by atomic mass is 19.4. The molecule has 2 aromatic heterocycles. The zero-order valence-corrected chi connectivity index (χ0v) is 18.7. The molecule has 0 saturated heterocycles. The number of anilines is 1. The standard InChI is InChI=1S/C23H23F3N6O2/c1-3-34-22(33)21-31-20-18(32(21)12-14-7-9-16(10-8-14)23(24,25)26)19(29-17(11-27)30-20)28-13(2)15-5-4-6-15/h7-10,13,15H,3-6,12H2,1-2H3,(H,28,29,30)/t13-/m1/s1. The van der Waals surface area contributed by atoms with Crippen LogP contribution in [0.25, 0.3) is 11.2 Å². The van der Waals surface area contributed by atoms with Crippen LogP contribution in [0.15, 0.2) is 24.3 Å². The first-order valence-electron chi connectivity index (χ1n) is 11.0. The molecular formula is C23H23F3N6O2. The molecule has 0 unspecified atom stereocenters. The number of esters is 1. The predicted molar refractivity (Wildman–Crippen MR) is 117 cm³/mol. The molecule has 1 aliphatic carbocycles. The maximum absolute atomic E-state index is 13.0. The van der Waals surface area contributed by atoms with Gasteiger partial charge in [0, 0.05) is 6.04 Å². The van der Waals surface area contributed by atoms with E-state index in [0.29, 0.717) is 22.8 Å². The van der Waals surface area contributed by atoms with Gasteiger partial charge in [0.1, 0.15) is 11.6 Å². The molecule has 2 heterocycles. The molecule has 1 fully saturated rings. The Bertz CT molecular complexity index is 1240. The van der Waals surface area contributed by atoms with Crippen LogP contribution in [0, 0.1) is 17.2 Å². The number of alkyl halides is 3. The summed E-state index contributed by atoms with van der Waals surface area (Å²) in [6.45, 7) is 3.82. The second-order valence-electron chi connectivity index (χ2n) is 8.24. The number of carbonyl (C=O) groups is 1. The Kier molecular flexibility index (Phi) is 6.41. The SMILES string of the molecule is CCOC(=O)c1nc2nc(C#N)nc(N[C@H](C)C3CCC3)c2n1Cc1ccc(C(F)(F)F)cc1. The molecule has 0 bridgehead atoms. The third-order valence-corrected chi connectivity index (χ3v) is 6.00. The van der Waals surface area contributed by atoms with Crippen molar-refractivity contribution in [3.05, 3.63) is 47.0 Å². The summed E-state index contributed by atoms with van der Waals surface area (Å²) in [6.07, 6.45) is -1.15. The van der Waals surface area contributed by atoms with Crippen molar-refractivity contribution < 1.29 is 22.7 Å². The van der Waals surface area contributed by atoms with Gasteiger partial charge in [0.15, 0.2) is 11.5 Å². The van der Waals surface area contributed by atoms with Crippen molar-refractivity contribution in [2.75, 3.05) is 11.9 Å². The lowest BCUT2D eigenvalue weighted by Gasteiger charge is -2.32. The summed E-state index contributed by atoms with van der Waals surface area (Å²) in [5.41, 5.74) is 0.258. The second kappa shape index (κ2) is 9.29. The number of ether oxygens (including phenoxy) is 1. The van der Waals surface area contributed by atoms with Crippen molar-refractivity contribution in [3.63, 3.8) is 0 Å². The molecule has 8 nitrogen and oxygen atoms in total. The largest absolute Gasteiger partial charge is 0.460 e. The Hall–Kier alpha value is -3.68. The van der Waals surface area contributed by atoms with E-state index in [-0.39, 0.29) is 36.5 Å². The van der Waals surface area contributed by atoms with Gasteiger partial charge in [-0.2, -0.15) is 28.4 Å². The summed E-state index contributed by atoms with van der Waals surface area (Å²) in [7, 11) is 0. The number of carbonyl (C=O) groups excluding carboxylic acids is 1. The highest BCUT2D eigenvalue weighted by molar-refractivity contribution is 5.93. The van der Waals surface area contributed by atoms with E-state index in [2.05, 4.69) is 20.3 Å². The lowest BCUT2D eigenvalue weighted by Crippen LogP contribution is -2.31. The minimum atomic E-state index is -4.45. The van der Waals surface area contributed by atoms with E-state index in [4.69, 9.17) is 4.74 Å². The average molecular weight is 472 g/mol. The van der Waals surface area contributed by atoms with Crippen LogP contribution in [-0.4, -0.2) is 38.1 Å². The zero-order chi connectivity index (χ0) is 24.5. The van der Waals surface area contributed by atoms with Gasteiger partial charge >= 0.3 is 12.1 Å². The van der Waals surface area contributed by atoms with Crippen molar-refractivity contribution in [2.45, 2.75) is 51.9 Å². The van der Waals surface area contributed by atoms with E-state index < -0.39 is 17.7 Å². The highest BCUT2D eigenvalue weighted by Crippen LogP contribution is 2.33. The van der Waals surface area contributed by atoms with Crippen LogP contribution >= 0.6 is 0 Å². The van der Waals surface area contributed by atoms with Crippen LogP contribution in [0.3, 0.4) is 0 Å². The molecule has 4 rings (SSSR count). The third kappa shape index (κ3) is 4.66. The van der Waals surface area contributed by atoms with Crippen molar-refractivity contribution in [3.8, 4) is 6.07 Å². The summed E-state index contributed by atoms with van der Waals surface area (Å²) in [5, 5.41) is 12.7. The van der Waals surface area contributed by atoms with Crippen LogP contribution in [0.5, 0.6) is 0 Å². The molecule has 1 N–H and O–H groups in total. The minimum Gasteiger partial charge on any atom is -0.460 e. The smallest absolute Gasteiger partial charge is 0.416 e. The first kappa shape index (κ1) is 23.5. The fourth-order valence-electron chi connectivity index (χ4n) is 3.95. The quantitative estimate of drug-likeness (QED) is 0.503. The van der Waals surface area contributed by atoms with Crippen LogP contribution in [0.2, 0.25) is 0 Å². The van der Waals surface area contributed by atoms with Gasteiger partial charge in [-0.15, -0.1) is 0 Å². The number of imidazole rings is 1. The van der Waals surface area contributed by atoms with Crippen molar-refractivity contribution in [1.29, 1.82) is 5.26 Å². The second-order valence-corrected chi connectivity index (χ2v) is 8.24. The fraction of sp³-hybridized carbons (Fsp3) is 0.435. The number of nitrogens with zero attached hydrogens (tertiary/aromatic N) is 5. The molecule has 0 spiro atoms. The Morgan fingerprint density at radius 1 is 1.26 bits per heavy atom. The number of nitriles is 1. The molecule has 1 aromatic carbocycles. The normalized spacial score (nSPS) is 14.9. The van der Waals surface area contributed by atoms with Crippen molar-refractivity contribution >= 4 is 23.0 Å². The number of halogens is 3. The van der Waals surface area contributed by atoms with Gasteiger partial charge in [0.05, 0.1) is 18.7 Å². The number of benzene rings is 1. The van der Waals surface area contributed by atoms with Gasteiger partial charge in [-0.3, -0.25) is 0 Å². The average Bonchev–Trinajstić information content (AvgIpc) is 3.11. The van der Waals surface area contributed by atoms with E-state index in [9.17, 15) is 23.2 Å². The monoisotopic (exact) mass is 472 g/mol. The summed E-state index contributed by atoms with van der Waals surface area (Å²) >= 11 is 0. The van der Waals surface area contributed by atoms with Crippen molar-refractivity contribution in [2.24, 2.45) is 5.92 Å². The van der Waals surface area contributed by atoms with E-state index in [1.54, 1.807) is 6.92 Å². The summed E-state index contributed by atoms with van der Waals surface area (Å²) in [5.74, 6) is -0.0860.